The zero-order valence-electron chi connectivity index (χ0n) is 13.5. The quantitative estimate of drug-likeness (QED) is 0.626. The van der Waals surface area contributed by atoms with E-state index in [1.807, 2.05) is 13.8 Å². The SMILES string of the molecule is CC(C)OCCCNC(=O)c1ccc2c(=O)n(C)c(=S)[nH]c2c1. The molecular weight excluding hydrogens is 314 g/mol. The van der Waals surface area contributed by atoms with Crippen molar-refractivity contribution in [3.63, 3.8) is 0 Å². The van der Waals surface area contributed by atoms with Crippen LogP contribution in [0.3, 0.4) is 0 Å². The van der Waals surface area contributed by atoms with Gasteiger partial charge < -0.3 is 15.0 Å². The largest absolute Gasteiger partial charge is 0.379 e. The maximum absolute atomic E-state index is 12.1. The maximum Gasteiger partial charge on any atom is 0.261 e. The van der Waals surface area contributed by atoms with Crippen molar-refractivity contribution in [2.24, 2.45) is 7.05 Å². The van der Waals surface area contributed by atoms with Crippen molar-refractivity contribution in [1.29, 1.82) is 0 Å². The van der Waals surface area contributed by atoms with Crippen molar-refractivity contribution in [1.82, 2.24) is 14.9 Å². The molecule has 2 aromatic rings. The van der Waals surface area contributed by atoms with E-state index in [9.17, 15) is 9.59 Å². The van der Waals surface area contributed by atoms with Crippen LogP contribution in [-0.4, -0.2) is 34.7 Å². The summed E-state index contributed by atoms with van der Waals surface area (Å²) in [5, 5.41) is 3.34. The second-order valence-electron chi connectivity index (χ2n) is 5.58. The summed E-state index contributed by atoms with van der Waals surface area (Å²) >= 11 is 5.09. The maximum atomic E-state index is 12.1. The van der Waals surface area contributed by atoms with Gasteiger partial charge in [0, 0.05) is 25.8 Å². The zero-order chi connectivity index (χ0) is 17.0. The van der Waals surface area contributed by atoms with Gasteiger partial charge in [-0.15, -0.1) is 0 Å². The molecule has 2 N–H and O–H groups in total. The molecule has 0 saturated carbocycles. The Kier molecular flexibility index (Phi) is 5.68. The summed E-state index contributed by atoms with van der Waals surface area (Å²) in [6, 6.07) is 4.92. The number of nitrogens with one attached hydrogen (secondary N) is 2. The second-order valence-corrected chi connectivity index (χ2v) is 5.97. The molecular formula is C16H21N3O3S. The van der Waals surface area contributed by atoms with Crippen LogP contribution in [0.4, 0.5) is 0 Å². The zero-order valence-corrected chi connectivity index (χ0v) is 14.3. The third-order valence-electron chi connectivity index (χ3n) is 3.42. The van der Waals surface area contributed by atoms with E-state index in [0.717, 1.165) is 6.42 Å². The number of amides is 1. The molecule has 2 rings (SSSR count). The van der Waals surface area contributed by atoms with Crippen molar-refractivity contribution in [2.75, 3.05) is 13.2 Å². The van der Waals surface area contributed by atoms with Crippen LogP contribution in [0.2, 0.25) is 0 Å². The molecule has 124 valence electrons. The van der Waals surface area contributed by atoms with Crippen LogP contribution in [0, 0.1) is 4.77 Å². The van der Waals surface area contributed by atoms with Gasteiger partial charge >= 0.3 is 0 Å². The first-order valence-corrected chi connectivity index (χ1v) is 7.94. The third kappa shape index (κ3) is 4.27. The Morgan fingerprint density at radius 3 is 2.87 bits per heavy atom. The van der Waals surface area contributed by atoms with Gasteiger partial charge in [0.05, 0.1) is 17.0 Å². The van der Waals surface area contributed by atoms with Gasteiger partial charge in [-0.05, 0) is 50.7 Å². The molecule has 0 spiro atoms. The van der Waals surface area contributed by atoms with E-state index in [0.29, 0.717) is 34.4 Å². The summed E-state index contributed by atoms with van der Waals surface area (Å²) in [7, 11) is 1.61. The molecule has 1 heterocycles. The lowest BCUT2D eigenvalue weighted by Gasteiger charge is -2.09. The number of carbonyl (C=O) groups excluding carboxylic acids is 1. The highest BCUT2D eigenvalue weighted by molar-refractivity contribution is 7.71. The normalized spacial score (nSPS) is 11.1. The Bertz CT molecular complexity index is 823. The van der Waals surface area contributed by atoms with Crippen molar-refractivity contribution < 1.29 is 9.53 Å². The molecule has 0 radical (unpaired) electrons. The highest BCUT2D eigenvalue weighted by atomic mass is 32.1. The number of ether oxygens (including phenoxy) is 1. The van der Waals surface area contributed by atoms with E-state index in [2.05, 4.69) is 10.3 Å². The molecule has 0 saturated heterocycles. The Labute approximate surface area is 139 Å². The summed E-state index contributed by atoms with van der Waals surface area (Å²) in [5.41, 5.74) is 0.872. The fraction of sp³-hybridized carbons (Fsp3) is 0.438. The van der Waals surface area contributed by atoms with Crippen LogP contribution in [0.5, 0.6) is 0 Å². The highest BCUT2D eigenvalue weighted by Crippen LogP contribution is 2.10. The lowest BCUT2D eigenvalue weighted by Crippen LogP contribution is -2.26. The van der Waals surface area contributed by atoms with E-state index in [1.165, 1.54) is 4.57 Å². The van der Waals surface area contributed by atoms with E-state index >= 15 is 0 Å². The summed E-state index contributed by atoms with van der Waals surface area (Å²) in [5.74, 6) is -0.184. The first-order valence-electron chi connectivity index (χ1n) is 7.53. The van der Waals surface area contributed by atoms with Gasteiger partial charge in [0.2, 0.25) is 0 Å². The number of H-pyrrole nitrogens is 1. The fourth-order valence-corrected chi connectivity index (χ4v) is 2.34. The number of rotatable bonds is 6. The van der Waals surface area contributed by atoms with E-state index in [4.69, 9.17) is 17.0 Å². The van der Waals surface area contributed by atoms with Gasteiger partial charge in [-0.1, -0.05) is 0 Å². The first-order chi connectivity index (χ1) is 10.9. The molecule has 0 fully saturated rings. The van der Waals surface area contributed by atoms with Gasteiger partial charge in [0.15, 0.2) is 4.77 Å². The van der Waals surface area contributed by atoms with Gasteiger partial charge in [0.1, 0.15) is 0 Å². The molecule has 0 atom stereocenters. The molecule has 0 bridgehead atoms. The van der Waals surface area contributed by atoms with Gasteiger partial charge in [-0.2, -0.15) is 0 Å². The monoisotopic (exact) mass is 335 g/mol. The van der Waals surface area contributed by atoms with Crippen LogP contribution >= 0.6 is 12.2 Å². The lowest BCUT2D eigenvalue weighted by molar-refractivity contribution is 0.0757. The standard InChI is InChI=1S/C16H21N3O3S/c1-10(2)22-8-4-7-17-14(20)11-5-6-12-13(9-11)18-16(23)19(3)15(12)21/h5-6,9-10H,4,7-8H2,1-3H3,(H,17,20)(H,18,23). The topological polar surface area (TPSA) is 76.1 Å². The number of nitrogens with zero attached hydrogens (tertiary/aromatic N) is 1. The summed E-state index contributed by atoms with van der Waals surface area (Å²) in [4.78, 5) is 27.2. The number of aromatic nitrogens is 2. The Morgan fingerprint density at radius 1 is 1.43 bits per heavy atom. The Hall–Kier alpha value is -1.99. The number of fused-ring (bicyclic) bond motifs is 1. The summed E-state index contributed by atoms with van der Waals surface area (Å²) < 4.78 is 7.11. The summed E-state index contributed by atoms with van der Waals surface area (Å²) in [6.07, 6.45) is 0.942. The van der Waals surface area contributed by atoms with E-state index in [-0.39, 0.29) is 17.6 Å². The van der Waals surface area contributed by atoms with Crippen LogP contribution in [-0.2, 0) is 11.8 Å². The first kappa shape index (κ1) is 17.4. The minimum absolute atomic E-state index is 0.179. The minimum Gasteiger partial charge on any atom is -0.379 e. The average molecular weight is 335 g/mol. The molecule has 0 aliphatic rings. The number of aromatic amines is 1. The van der Waals surface area contributed by atoms with E-state index in [1.54, 1.807) is 25.2 Å². The second kappa shape index (κ2) is 7.52. The van der Waals surface area contributed by atoms with Crippen molar-refractivity contribution in [3.05, 3.63) is 38.9 Å². The molecule has 23 heavy (non-hydrogen) atoms. The number of hydrogen-bond acceptors (Lipinski definition) is 4. The van der Waals surface area contributed by atoms with Crippen LogP contribution in [0.25, 0.3) is 10.9 Å². The Balaban J connectivity index is 2.08. The predicted molar refractivity (Wildman–Crippen MR) is 92.4 cm³/mol. The highest BCUT2D eigenvalue weighted by Gasteiger charge is 2.09. The smallest absolute Gasteiger partial charge is 0.261 e. The molecule has 0 aliphatic carbocycles. The molecule has 0 unspecified atom stereocenters. The molecule has 6 nitrogen and oxygen atoms in total. The molecule has 7 heteroatoms. The van der Waals surface area contributed by atoms with Crippen LogP contribution < -0.4 is 10.9 Å². The molecule has 1 amide bonds. The number of benzene rings is 1. The van der Waals surface area contributed by atoms with Crippen LogP contribution in [0.1, 0.15) is 30.6 Å². The third-order valence-corrected chi connectivity index (χ3v) is 3.80. The fourth-order valence-electron chi connectivity index (χ4n) is 2.14. The van der Waals surface area contributed by atoms with Crippen LogP contribution in [0.15, 0.2) is 23.0 Å². The minimum atomic E-state index is -0.184. The average Bonchev–Trinajstić information content (AvgIpc) is 2.51. The molecule has 1 aromatic carbocycles. The predicted octanol–water partition coefficient (Wildman–Crippen LogP) is 2.14. The van der Waals surface area contributed by atoms with Crippen molar-refractivity contribution in [2.45, 2.75) is 26.4 Å². The van der Waals surface area contributed by atoms with Gasteiger partial charge in [0.25, 0.3) is 11.5 Å². The Morgan fingerprint density at radius 2 is 2.17 bits per heavy atom. The van der Waals surface area contributed by atoms with Crippen molar-refractivity contribution in [3.8, 4) is 0 Å². The van der Waals surface area contributed by atoms with Crippen molar-refractivity contribution >= 4 is 29.0 Å². The number of hydrogen-bond donors (Lipinski definition) is 2. The summed E-state index contributed by atoms with van der Waals surface area (Å²) in [6.45, 7) is 5.10. The van der Waals surface area contributed by atoms with Gasteiger partial charge in [-0.25, -0.2) is 0 Å². The molecule has 1 aromatic heterocycles. The lowest BCUT2D eigenvalue weighted by atomic mass is 10.1. The van der Waals surface area contributed by atoms with E-state index < -0.39 is 0 Å². The number of carbonyl (C=O) groups is 1. The van der Waals surface area contributed by atoms with Gasteiger partial charge in [-0.3, -0.25) is 14.2 Å². The molecule has 0 aliphatic heterocycles.